The highest BCUT2D eigenvalue weighted by atomic mass is 79.9. The summed E-state index contributed by atoms with van der Waals surface area (Å²) in [6, 6.07) is 4.30. The molecule has 1 aromatic carbocycles. The summed E-state index contributed by atoms with van der Waals surface area (Å²) in [5.74, 6) is -2.56. The van der Waals surface area contributed by atoms with Gasteiger partial charge in [-0.3, -0.25) is 0 Å². The maximum Gasteiger partial charge on any atom is 0.248 e. The molecule has 1 aliphatic carbocycles. The smallest absolute Gasteiger partial charge is 0.248 e. The summed E-state index contributed by atoms with van der Waals surface area (Å²) in [5, 5.41) is 0. The van der Waals surface area contributed by atoms with Crippen LogP contribution in [0.2, 0.25) is 0 Å². The van der Waals surface area contributed by atoms with Crippen LogP contribution in [0.3, 0.4) is 0 Å². The van der Waals surface area contributed by atoms with E-state index in [1.54, 1.807) is 0 Å². The van der Waals surface area contributed by atoms with E-state index in [4.69, 9.17) is 4.74 Å². The zero-order valence-corrected chi connectivity index (χ0v) is 11.4. The Kier molecular flexibility index (Phi) is 4.20. The van der Waals surface area contributed by atoms with Gasteiger partial charge in [0.2, 0.25) is 5.92 Å². The number of ether oxygens (including phenoxy) is 1. The highest BCUT2D eigenvalue weighted by molar-refractivity contribution is 9.10. The van der Waals surface area contributed by atoms with Crippen LogP contribution in [0.15, 0.2) is 22.7 Å². The first-order valence-corrected chi connectivity index (χ1v) is 6.71. The minimum absolute atomic E-state index is 0.0222. The van der Waals surface area contributed by atoms with Gasteiger partial charge in [-0.2, -0.15) is 0 Å². The number of halogens is 4. The number of hydrogen-bond donors (Lipinski definition) is 0. The predicted molar refractivity (Wildman–Crippen MR) is 66.5 cm³/mol. The molecule has 18 heavy (non-hydrogen) atoms. The van der Waals surface area contributed by atoms with Gasteiger partial charge >= 0.3 is 0 Å². The summed E-state index contributed by atoms with van der Waals surface area (Å²) in [7, 11) is 0. The lowest BCUT2D eigenvalue weighted by molar-refractivity contribution is -0.0585. The lowest BCUT2D eigenvalue weighted by Gasteiger charge is -2.28. The van der Waals surface area contributed by atoms with Crippen molar-refractivity contribution >= 4 is 15.9 Å². The van der Waals surface area contributed by atoms with Gasteiger partial charge in [0.25, 0.3) is 0 Å². The van der Waals surface area contributed by atoms with Crippen LogP contribution in [-0.4, -0.2) is 12.5 Å². The zero-order valence-electron chi connectivity index (χ0n) is 9.77. The second kappa shape index (κ2) is 5.51. The van der Waals surface area contributed by atoms with Crippen LogP contribution in [0.4, 0.5) is 13.2 Å². The number of rotatable bonds is 3. The summed E-state index contributed by atoms with van der Waals surface area (Å²) < 4.78 is 45.1. The van der Waals surface area contributed by atoms with Crippen LogP contribution >= 0.6 is 15.9 Å². The summed E-state index contributed by atoms with van der Waals surface area (Å²) >= 11 is 3.06. The van der Waals surface area contributed by atoms with Crippen LogP contribution < -0.4 is 4.74 Å². The molecule has 1 fully saturated rings. The number of hydrogen-bond acceptors (Lipinski definition) is 1. The summed E-state index contributed by atoms with van der Waals surface area (Å²) in [6.07, 6.45) is 1.16. The van der Waals surface area contributed by atoms with Crippen LogP contribution in [0, 0.1) is 11.7 Å². The van der Waals surface area contributed by atoms with E-state index in [2.05, 4.69) is 15.9 Å². The van der Waals surface area contributed by atoms with E-state index in [1.807, 2.05) is 0 Å². The molecule has 1 nitrogen and oxygen atoms in total. The fourth-order valence-electron chi connectivity index (χ4n) is 2.20. The summed E-state index contributed by atoms with van der Waals surface area (Å²) in [6.45, 7) is 0.258. The fourth-order valence-corrected chi connectivity index (χ4v) is 2.56. The van der Waals surface area contributed by atoms with Gasteiger partial charge in [-0.1, -0.05) is 0 Å². The quantitative estimate of drug-likeness (QED) is 0.777. The largest absolute Gasteiger partial charge is 0.493 e. The third-order valence-corrected chi connectivity index (χ3v) is 3.73. The Morgan fingerprint density at radius 2 is 2.17 bits per heavy atom. The number of benzene rings is 1. The first-order chi connectivity index (χ1) is 8.46. The molecule has 2 rings (SSSR count). The van der Waals surface area contributed by atoms with Gasteiger partial charge in [-0.15, -0.1) is 0 Å². The zero-order chi connectivity index (χ0) is 13.2. The van der Waals surface area contributed by atoms with E-state index in [9.17, 15) is 13.2 Å². The molecule has 1 saturated carbocycles. The Balaban J connectivity index is 1.89. The van der Waals surface area contributed by atoms with E-state index in [1.165, 1.54) is 18.2 Å². The maximum atomic E-state index is 13.2. The standard InChI is InChI=1S/C13H14BrF3O/c14-11-6-10(3-4-12(11)15)18-8-9-2-1-5-13(16,17)7-9/h3-4,6,9H,1-2,5,7-8H2. The molecule has 0 aliphatic heterocycles. The van der Waals surface area contributed by atoms with E-state index in [-0.39, 0.29) is 31.2 Å². The molecule has 1 aliphatic rings. The normalized spacial score (nSPS) is 22.8. The van der Waals surface area contributed by atoms with E-state index < -0.39 is 5.92 Å². The van der Waals surface area contributed by atoms with Gasteiger partial charge in [-0.05, 0) is 52.9 Å². The van der Waals surface area contributed by atoms with Gasteiger partial charge in [-0.25, -0.2) is 13.2 Å². The van der Waals surface area contributed by atoms with Gasteiger partial charge in [0.15, 0.2) is 0 Å². The van der Waals surface area contributed by atoms with Crippen LogP contribution in [0.25, 0.3) is 0 Å². The molecule has 0 bridgehead atoms. The molecule has 0 radical (unpaired) electrons. The molecule has 1 unspecified atom stereocenters. The Morgan fingerprint density at radius 3 is 2.83 bits per heavy atom. The summed E-state index contributed by atoms with van der Waals surface area (Å²) in [5.41, 5.74) is 0. The molecular formula is C13H14BrF3O. The average molecular weight is 323 g/mol. The van der Waals surface area contributed by atoms with Crippen LogP contribution in [0.1, 0.15) is 25.7 Å². The Hall–Kier alpha value is -0.710. The topological polar surface area (TPSA) is 9.23 Å². The van der Waals surface area contributed by atoms with Crippen molar-refractivity contribution in [3.05, 3.63) is 28.5 Å². The molecule has 1 aromatic rings. The highest BCUT2D eigenvalue weighted by Gasteiger charge is 2.36. The monoisotopic (exact) mass is 322 g/mol. The first-order valence-electron chi connectivity index (χ1n) is 5.92. The van der Waals surface area contributed by atoms with Crippen LogP contribution in [-0.2, 0) is 0 Å². The van der Waals surface area contributed by atoms with Crippen LogP contribution in [0.5, 0.6) is 5.75 Å². The molecule has 5 heteroatoms. The van der Waals surface area contributed by atoms with Gasteiger partial charge in [0.1, 0.15) is 11.6 Å². The Labute approximate surface area is 112 Å². The van der Waals surface area contributed by atoms with Crippen molar-refractivity contribution < 1.29 is 17.9 Å². The van der Waals surface area contributed by atoms with Crippen molar-refractivity contribution in [1.82, 2.24) is 0 Å². The molecule has 0 aromatic heterocycles. The minimum atomic E-state index is -2.56. The molecule has 100 valence electrons. The average Bonchev–Trinajstić information content (AvgIpc) is 2.29. The lowest BCUT2D eigenvalue weighted by Crippen LogP contribution is -2.29. The fraction of sp³-hybridized carbons (Fsp3) is 0.538. The van der Waals surface area contributed by atoms with E-state index in [0.717, 1.165) is 6.42 Å². The predicted octanol–water partition coefficient (Wildman–Crippen LogP) is 4.79. The first kappa shape index (κ1) is 13.7. The van der Waals surface area contributed by atoms with Crippen molar-refractivity contribution in [2.45, 2.75) is 31.6 Å². The van der Waals surface area contributed by atoms with Gasteiger partial charge in [0.05, 0.1) is 11.1 Å². The minimum Gasteiger partial charge on any atom is -0.493 e. The van der Waals surface area contributed by atoms with E-state index in [0.29, 0.717) is 16.6 Å². The van der Waals surface area contributed by atoms with Gasteiger partial charge < -0.3 is 4.74 Å². The molecular weight excluding hydrogens is 309 g/mol. The molecule has 0 N–H and O–H groups in total. The van der Waals surface area contributed by atoms with Crippen molar-refractivity contribution in [2.75, 3.05) is 6.61 Å². The van der Waals surface area contributed by atoms with Crippen molar-refractivity contribution in [1.29, 1.82) is 0 Å². The maximum absolute atomic E-state index is 13.2. The Morgan fingerprint density at radius 1 is 1.39 bits per heavy atom. The van der Waals surface area contributed by atoms with E-state index >= 15 is 0 Å². The molecule has 0 heterocycles. The Bertz CT molecular complexity index is 423. The van der Waals surface area contributed by atoms with Gasteiger partial charge in [0, 0.05) is 12.8 Å². The molecule has 1 atom stereocenters. The lowest BCUT2D eigenvalue weighted by atomic mass is 9.87. The highest BCUT2D eigenvalue weighted by Crippen LogP contribution is 2.36. The summed E-state index contributed by atoms with van der Waals surface area (Å²) in [4.78, 5) is 0. The molecule has 0 amide bonds. The van der Waals surface area contributed by atoms with Crippen molar-refractivity contribution in [3.8, 4) is 5.75 Å². The third-order valence-electron chi connectivity index (χ3n) is 3.12. The third kappa shape index (κ3) is 3.64. The second-order valence-electron chi connectivity index (χ2n) is 4.71. The number of alkyl halides is 2. The molecule has 0 saturated heterocycles. The molecule has 0 spiro atoms. The van der Waals surface area contributed by atoms with Crippen molar-refractivity contribution in [3.63, 3.8) is 0 Å². The van der Waals surface area contributed by atoms with Crippen molar-refractivity contribution in [2.24, 2.45) is 5.92 Å². The second-order valence-corrected chi connectivity index (χ2v) is 5.56. The SMILES string of the molecule is Fc1ccc(OCC2CCCC(F)(F)C2)cc1Br.